The second kappa shape index (κ2) is 5.14. The van der Waals surface area contributed by atoms with Gasteiger partial charge in [-0.15, -0.1) is 0 Å². The van der Waals surface area contributed by atoms with Crippen LogP contribution in [-0.2, 0) is 4.74 Å². The molecule has 0 radical (unpaired) electrons. The number of rotatable bonds is 3. The van der Waals surface area contributed by atoms with Gasteiger partial charge in [0.15, 0.2) is 0 Å². The minimum absolute atomic E-state index is 0.00281. The summed E-state index contributed by atoms with van der Waals surface area (Å²) in [5, 5.41) is 2.44. The zero-order valence-corrected chi connectivity index (χ0v) is 9.98. The molecule has 1 heterocycles. The molecule has 2 aliphatic rings. The molecule has 1 atom stereocenters. The van der Waals surface area contributed by atoms with Crippen LogP contribution in [0, 0.1) is 0 Å². The van der Waals surface area contributed by atoms with Crippen LogP contribution < -0.4 is 5.32 Å². The Kier molecular flexibility index (Phi) is 3.98. The summed E-state index contributed by atoms with van der Waals surface area (Å²) >= 11 is 0. The first-order valence-electron chi connectivity index (χ1n) is 6.44. The van der Waals surface area contributed by atoms with Crippen LogP contribution in [0.25, 0.3) is 0 Å². The van der Waals surface area contributed by atoms with Crippen molar-refractivity contribution in [3.05, 3.63) is 0 Å². The Hall–Kier alpha value is -0.290. The van der Waals surface area contributed by atoms with Crippen LogP contribution in [0.15, 0.2) is 0 Å². The van der Waals surface area contributed by atoms with Gasteiger partial charge in [0.1, 0.15) is 0 Å². The predicted octanol–water partition coefficient (Wildman–Crippen LogP) is 3.02. The first-order chi connectivity index (χ1) is 7.99. The summed E-state index contributed by atoms with van der Waals surface area (Å²) in [7, 11) is 0. The minimum Gasteiger partial charge on any atom is -0.370 e. The zero-order valence-electron chi connectivity index (χ0n) is 9.98. The number of alkyl halides is 3. The zero-order chi connectivity index (χ0) is 12.4. The van der Waals surface area contributed by atoms with Gasteiger partial charge in [-0.1, -0.05) is 19.3 Å². The molecule has 1 spiro atoms. The minimum atomic E-state index is -4.12. The Morgan fingerprint density at radius 2 is 1.82 bits per heavy atom. The Morgan fingerprint density at radius 3 is 2.47 bits per heavy atom. The SMILES string of the molecule is FC(F)(F)CNCC1CCC2(CCCCC2)O1. The highest BCUT2D eigenvalue weighted by molar-refractivity contribution is 4.91. The fourth-order valence-corrected chi connectivity index (χ4v) is 2.98. The van der Waals surface area contributed by atoms with Crippen LogP contribution in [-0.4, -0.2) is 31.0 Å². The van der Waals surface area contributed by atoms with Gasteiger partial charge < -0.3 is 10.1 Å². The van der Waals surface area contributed by atoms with E-state index in [0.29, 0.717) is 6.54 Å². The third kappa shape index (κ3) is 3.85. The molecule has 0 aromatic heterocycles. The summed E-state index contributed by atoms with van der Waals surface area (Å²) in [6.45, 7) is -0.596. The molecule has 0 bridgehead atoms. The lowest BCUT2D eigenvalue weighted by Gasteiger charge is -2.33. The molecule has 0 amide bonds. The van der Waals surface area contributed by atoms with Crippen LogP contribution in [0.5, 0.6) is 0 Å². The Balaban J connectivity index is 1.70. The fourth-order valence-electron chi connectivity index (χ4n) is 2.98. The lowest BCUT2D eigenvalue weighted by Crippen LogP contribution is -2.37. The second-order valence-corrected chi connectivity index (χ2v) is 5.27. The molecule has 17 heavy (non-hydrogen) atoms. The molecule has 1 aliphatic heterocycles. The number of hydrogen-bond acceptors (Lipinski definition) is 2. The van der Waals surface area contributed by atoms with E-state index in [2.05, 4.69) is 5.32 Å². The maximum Gasteiger partial charge on any atom is 0.401 e. The van der Waals surface area contributed by atoms with Gasteiger partial charge in [0.05, 0.1) is 18.2 Å². The lowest BCUT2D eigenvalue weighted by molar-refractivity contribution is -0.127. The smallest absolute Gasteiger partial charge is 0.370 e. The van der Waals surface area contributed by atoms with Crippen molar-refractivity contribution in [2.24, 2.45) is 0 Å². The quantitative estimate of drug-likeness (QED) is 0.832. The van der Waals surface area contributed by atoms with Crippen molar-refractivity contribution in [3.63, 3.8) is 0 Å². The summed E-state index contributed by atoms with van der Waals surface area (Å²) < 4.78 is 41.9. The van der Waals surface area contributed by atoms with Gasteiger partial charge in [-0.3, -0.25) is 0 Å². The second-order valence-electron chi connectivity index (χ2n) is 5.27. The van der Waals surface area contributed by atoms with E-state index in [1.165, 1.54) is 19.3 Å². The van der Waals surface area contributed by atoms with Gasteiger partial charge in [0.25, 0.3) is 0 Å². The summed E-state index contributed by atoms with van der Waals surface area (Å²) in [5.41, 5.74) is 0.00281. The maximum absolute atomic E-state index is 12.0. The molecule has 100 valence electrons. The largest absolute Gasteiger partial charge is 0.401 e. The Labute approximate surface area is 99.9 Å². The van der Waals surface area contributed by atoms with Gasteiger partial charge in [-0.2, -0.15) is 13.2 Å². The van der Waals surface area contributed by atoms with Gasteiger partial charge in [0, 0.05) is 6.54 Å². The molecular weight excluding hydrogens is 231 g/mol. The lowest BCUT2D eigenvalue weighted by atomic mass is 9.83. The highest BCUT2D eigenvalue weighted by Gasteiger charge is 2.40. The molecule has 2 nitrogen and oxygen atoms in total. The standard InChI is InChI=1S/C12H20F3NO/c13-12(14,15)9-16-8-10-4-7-11(17-10)5-2-1-3-6-11/h10,16H,1-9H2. The van der Waals surface area contributed by atoms with Crippen molar-refractivity contribution in [2.75, 3.05) is 13.1 Å². The van der Waals surface area contributed by atoms with E-state index in [0.717, 1.165) is 25.7 Å². The monoisotopic (exact) mass is 251 g/mol. The number of hydrogen-bond donors (Lipinski definition) is 1. The Bertz CT molecular complexity index is 249. The van der Waals surface area contributed by atoms with Gasteiger partial charge in [0.2, 0.25) is 0 Å². The van der Waals surface area contributed by atoms with Crippen LogP contribution >= 0.6 is 0 Å². The summed E-state index contributed by atoms with van der Waals surface area (Å²) in [6.07, 6.45) is 3.59. The molecule has 1 aliphatic carbocycles. The van der Waals surface area contributed by atoms with Crippen LogP contribution in [0.2, 0.25) is 0 Å². The van der Waals surface area contributed by atoms with Crippen molar-refractivity contribution >= 4 is 0 Å². The van der Waals surface area contributed by atoms with E-state index >= 15 is 0 Å². The van der Waals surface area contributed by atoms with Gasteiger partial charge in [-0.05, 0) is 25.7 Å². The van der Waals surface area contributed by atoms with Crippen molar-refractivity contribution in [1.82, 2.24) is 5.32 Å². The Morgan fingerprint density at radius 1 is 1.12 bits per heavy atom. The summed E-state index contributed by atoms with van der Waals surface area (Å²) in [5.74, 6) is 0. The van der Waals surface area contributed by atoms with E-state index in [9.17, 15) is 13.2 Å². The average Bonchev–Trinajstić information content (AvgIpc) is 2.61. The van der Waals surface area contributed by atoms with E-state index < -0.39 is 12.7 Å². The molecule has 2 fully saturated rings. The molecule has 1 saturated carbocycles. The van der Waals surface area contributed by atoms with E-state index in [4.69, 9.17) is 4.74 Å². The average molecular weight is 251 g/mol. The van der Waals surface area contributed by atoms with Gasteiger partial charge in [-0.25, -0.2) is 0 Å². The van der Waals surface area contributed by atoms with Crippen molar-refractivity contribution < 1.29 is 17.9 Å². The molecule has 2 rings (SSSR count). The predicted molar refractivity (Wildman–Crippen MR) is 58.8 cm³/mol. The van der Waals surface area contributed by atoms with Gasteiger partial charge >= 0.3 is 6.18 Å². The first-order valence-corrected chi connectivity index (χ1v) is 6.44. The molecule has 0 aromatic rings. The van der Waals surface area contributed by atoms with Crippen molar-refractivity contribution in [2.45, 2.75) is 62.8 Å². The number of ether oxygens (including phenoxy) is 1. The highest BCUT2D eigenvalue weighted by Crippen LogP contribution is 2.41. The molecule has 1 unspecified atom stereocenters. The first kappa shape index (κ1) is 13.1. The normalized spacial score (nSPS) is 28.8. The summed E-state index contributed by atoms with van der Waals surface area (Å²) in [4.78, 5) is 0. The van der Waals surface area contributed by atoms with E-state index in [1.54, 1.807) is 0 Å². The topological polar surface area (TPSA) is 21.3 Å². The van der Waals surface area contributed by atoms with Crippen molar-refractivity contribution in [1.29, 1.82) is 0 Å². The molecular formula is C12H20F3NO. The third-order valence-electron chi connectivity index (χ3n) is 3.80. The highest BCUT2D eigenvalue weighted by atomic mass is 19.4. The van der Waals surface area contributed by atoms with Crippen LogP contribution in [0.1, 0.15) is 44.9 Å². The molecule has 0 aromatic carbocycles. The number of halogens is 3. The third-order valence-corrected chi connectivity index (χ3v) is 3.80. The van der Waals surface area contributed by atoms with Crippen LogP contribution in [0.4, 0.5) is 13.2 Å². The molecule has 1 N–H and O–H groups in total. The fraction of sp³-hybridized carbons (Fsp3) is 1.00. The molecule has 5 heteroatoms. The van der Waals surface area contributed by atoms with Crippen LogP contribution in [0.3, 0.4) is 0 Å². The molecule has 1 saturated heterocycles. The summed E-state index contributed by atoms with van der Waals surface area (Å²) in [6, 6.07) is 0. The van der Waals surface area contributed by atoms with Crippen molar-refractivity contribution in [3.8, 4) is 0 Å². The van der Waals surface area contributed by atoms with E-state index in [1.807, 2.05) is 0 Å². The maximum atomic E-state index is 12.0. The number of nitrogens with one attached hydrogen (secondary N) is 1. The van der Waals surface area contributed by atoms with E-state index in [-0.39, 0.29) is 11.7 Å².